The molecule has 0 saturated heterocycles. The van der Waals surface area contributed by atoms with Gasteiger partial charge in [0.2, 0.25) is 0 Å². The zero-order chi connectivity index (χ0) is 0. The third kappa shape index (κ3) is 27.9. The predicted molar refractivity (Wildman–Crippen MR) is 27.5 cm³/mol. The van der Waals surface area contributed by atoms with Gasteiger partial charge in [-0.05, 0) is 0 Å². The van der Waals surface area contributed by atoms with Gasteiger partial charge in [-0.25, -0.2) is 0 Å². The smallest absolute Gasteiger partial charge is 1.00 e. The maximum absolute atomic E-state index is 0. The molecule has 0 fully saturated rings. The normalized spacial score (nSPS) is 0. The van der Waals surface area contributed by atoms with Crippen LogP contribution in [0.4, 0.5) is 0 Å². The summed E-state index contributed by atoms with van der Waals surface area (Å²) in [4.78, 5) is 0. The van der Waals surface area contributed by atoms with Gasteiger partial charge in [0.25, 0.3) is 0 Å². The van der Waals surface area contributed by atoms with Crippen molar-refractivity contribution in [3.05, 3.63) is 0 Å². The van der Waals surface area contributed by atoms with E-state index in [1.54, 1.807) is 0 Å². The Morgan fingerprint density at radius 2 is 0.500 bits per heavy atom. The Labute approximate surface area is 109 Å². The molecule has 40 valence electrons. The molecule has 0 saturated carbocycles. The topological polar surface area (TPSA) is 0 Å². The molecule has 0 unspecified atom stereocenters. The van der Waals surface area contributed by atoms with Crippen molar-refractivity contribution in [2.45, 2.75) is 0 Å². The maximum Gasteiger partial charge on any atom is 2.00 e. The molecule has 0 N–H and O–H groups in total. The first-order valence-corrected chi connectivity index (χ1v) is 0. The van der Waals surface area contributed by atoms with Gasteiger partial charge in [0.15, 0.2) is 0 Å². The number of hydrogen-bond donors (Lipinski definition) is 0. The molecule has 0 atom stereocenters. The van der Waals surface area contributed by atoms with Crippen molar-refractivity contribution >= 4 is 86.1 Å². The molecule has 6 heavy (non-hydrogen) atoms. The number of rotatable bonds is 0. The Bertz CT molecular complexity index is 3.90. The van der Waals surface area contributed by atoms with Crippen LogP contribution in [-0.4, -0.2) is 48.9 Å². The van der Waals surface area contributed by atoms with Gasteiger partial charge in [0.1, 0.15) is 0 Å². The Morgan fingerprint density at radius 1 is 0.500 bits per heavy atom. The van der Waals surface area contributed by atoms with E-state index >= 15 is 0 Å². The van der Waals surface area contributed by atoms with E-state index in [0.717, 1.165) is 0 Å². The summed E-state index contributed by atoms with van der Waals surface area (Å²) in [6, 6.07) is 0. The van der Waals surface area contributed by atoms with Crippen LogP contribution >= 0.6 is 37.2 Å². The molecule has 0 rings (SSSR count). The molecule has 0 amide bonds. The second-order valence-corrected chi connectivity index (χ2v) is 0. The van der Waals surface area contributed by atoms with Crippen LogP contribution in [0.3, 0.4) is 0 Å². The summed E-state index contributed by atoms with van der Waals surface area (Å²) >= 11 is 0. The second-order valence-electron chi connectivity index (χ2n) is 0. The molecule has 0 aliphatic carbocycles. The van der Waals surface area contributed by atoms with Gasteiger partial charge in [-0.15, -0.1) is 37.2 Å². The minimum absolute atomic E-state index is 0. The van der Waals surface area contributed by atoms with Crippen LogP contribution in [0, 0.1) is 0 Å². The summed E-state index contributed by atoms with van der Waals surface area (Å²) in [5.41, 5.74) is 0. The van der Waals surface area contributed by atoms with E-state index < -0.39 is 0 Å². The van der Waals surface area contributed by atoms with Gasteiger partial charge < -0.3 is 24.8 Å². The first kappa shape index (κ1) is 63.6. The monoisotopic (exact) mass is 316 g/mol. The van der Waals surface area contributed by atoms with Crippen LogP contribution in [0.5, 0.6) is 0 Å². The van der Waals surface area contributed by atoms with Crippen molar-refractivity contribution in [3.63, 3.8) is 0 Å². The fourth-order valence-electron chi connectivity index (χ4n) is 0. The molecule has 0 spiro atoms. The Hall–Kier alpha value is 3.02. The third-order valence-corrected chi connectivity index (χ3v) is 0. The molecule has 0 aliphatic heterocycles. The average Bonchev–Trinajstić information content (AvgIpc) is 0. The third-order valence-electron chi connectivity index (χ3n) is 0. The van der Waals surface area contributed by atoms with Crippen LogP contribution in [0.15, 0.2) is 0 Å². The predicted octanol–water partition coefficient (Wildman–Crippen LogP) is -5.11. The Morgan fingerprint density at radius 3 is 0.500 bits per heavy atom. The van der Waals surface area contributed by atoms with Crippen molar-refractivity contribution in [3.8, 4) is 0 Å². The quantitative estimate of drug-likeness (QED) is 0.392. The van der Waals surface area contributed by atoms with Crippen molar-refractivity contribution < 1.29 is 24.8 Å². The summed E-state index contributed by atoms with van der Waals surface area (Å²) in [6.45, 7) is 0. The van der Waals surface area contributed by atoms with Crippen molar-refractivity contribution in [1.29, 1.82) is 0 Å². The molecule has 6 heteroatoms. The minimum atomic E-state index is 0. The van der Waals surface area contributed by atoms with Crippen molar-refractivity contribution in [1.82, 2.24) is 0 Å². The molecule has 0 aromatic heterocycles. The van der Waals surface area contributed by atoms with Crippen molar-refractivity contribution in [2.24, 2.45) is 0 Å². The van der Waals surface area contributed by atoms with Crippen LogP contribution in [0.1, 0.15) is 0 Å². The van der Waals surface area contributed by atoms with E-state index in [-0.39, 0.29) is 111 Å². The van der Waals surface area contributed by atoms with E-state index in [1.165, 1.54) is 0 Å². The first-order chi connectivity index (χ1) is 0. The van der Waals surface area contributed by atoms with Crippen molar-refractivity contribution in [2.75, 3.05) is 0 Å². The minimum Gasteiger partial charge on any atom is -1.00 e. The largest absolute Gasteiger partial charge is 2.00 e. The van der Waals surface area contributed by atoms with E-state index in [2.05, 4.69) is 0 Å². The van der Waals surface area contributed by atoms with Crippen LogP contribution in [0.25, 0.3) is 0 Å². The molecule has 0 aromatic carbocycles. The molecule has 0 aliphatic rings. The molecule has 0 heterocycles. The first-order valence-electron chi connectivity index (χ1n) is 0. The summed E-state index contributed by atoms with van der Waals surface area (Å²) in [6.07, 6.45) is 0. The van der Waals surface area contributed by atoms with Gasteiger partial charge in [0.05, 0.1) is 0 Å². The fourth-order valence-corrected chi connectivity index (χ4v) is 0. The average molecular weight is 318 g/mol. The summed E-state index contributed by atoms with van der Waals surface area (Å²) < 4.78 is 0. The van der Waals surface area contributed by atoms with E-state index in [9.17, 15) is 0 Å². The summed E-state index contributed by atoms with van der Waals surface area (Å²) in [7, 11) is 0. The molecular formula is H3BaCl5. The maximum atomic E-state index is 0. The molecule has 0 nitrogen and oxygen atoms in total. The zero-order valence-electron chi connectivity index (χ0n) is 2.69. The SMILES string of the molecule is Cl.Cl.Cl.[Ba+2].[Cl-].[Cl-]. The van der Waals surface area contributed by atoms with Crippen LogP contribution in [-0.2, 0) is 0 Å². The number of hydrogen-bond acceptors (Lipinski definition) is 0. The summed E-state index contributed by atoms with van der Waals surface area (Å²) in [5.74, 6) is 0. The molecule has 0 aromatic rings. The zero-order valence-corrected chi connectivity index (χ0v) is 11.1. The second kappa shape index (κ2) is 43.3. The fraction of sp³-hybridized carbons (Fsp3) is 0. The van der Waals surface area contributed by atoms with E-state index in [1.807, 2.05) is 0 Å². The van der Waals surface area contributed by atoms with Crippen LogP contribution < -0.4 is 24.8 Å². The standard InChI is InChI=1S/Ba.5ClH/h;5*1H/q+2;;;;;/p-2. The van der Waals surface area contributed by atoms with Gasteiger partial charge in [-0.3, -0.25) is 0 Å². The van der Waals surface area contributed by atoms with Gasteiger partial charge in [-0.2, -0.15) is 0 Å². The Balaban J connectivity index is 0. The van der Waals surface area contributed by atoms with Crippen LogP contribution in [0.2, 0.25) is 0 Å². The van der Waals surface area contributed by atoms with Gasteiger partial charge in [-0.1, -0.05) is 0 Å². The van der Waals surface area contributed by atoms with E-state index in [4.69, 9.17) is 0 Å². The number of halogens is 5. The molecule has 0 bridgehead atoms. The Kier molecular flexibility index (Phi) is 459. The van der Waals surface area contributed by atoms with E-state index in [0.29, 0.717) is 0 Å². The molecular weight excluding hydrogens is 315 g/mol. The summed E-state index contributed by atoms with van der Waals surface area (Å²) in [5, 5.41) is 0. The van der Waals surface area contributed by atoms with Gasteiger partial charge >= 0.3 is 48.9 Å². The van der Waals surface area contributed by atoms with Gasteiger partial charge in [0, 0.05) is 0 Å². The molecule has 0 radical (unpaired) electrons.